The largest absolute Gasteiger partial charge is 0.462 e. The van der Waals surface area contributed by atoms with E-state index in [1.165, 1.54) is 0 Å². The lowest BCUT2D eigenvalue weighted by molar-refractivity contribution is -0.492. The predicted molar refractivity (Wildman–Crippen MR) is 160 cm³/mol. The van der Waals surface area contributed by atoms with Gasteiger partial charge in [-0.15, -0.1) is 11.3 Å². The maximum absolute atomic E-state index is 13.2. The molecule has 0 atom stereocenters. The molecule has 0 amide bonds. The van der Waals surface area contributed by atoms with Crippen LogP contribution in [0.15, 0.2) is 53.5 Å². The molecule has 45 heavy (non-hydrogen) atoms. The van der Waals surface area contributed by atoms with Crippen LogP contribution in [0.1, 0.15) is 71.3 Å². The van der Waals surface area contributed by atoms with Crippen LogP contribution in [0.4, 0.5) is 0 Å². The first-order valence-corrected chi connectivity index (χ1v) is 15.5. The Hall–Kier alpha value is -3.51. The van der Waals surface area contributed by atoms with Gasteiger partial charge in [0.25, 0.3) is 0 Å². The van der Waals surface area contributed by atoms with Gasteiger partial charge in [0, 0.05) is 36.3 Å². The molecule has 2 aromatic heterocycles. The summed E-state index contributed by atoms with van der Waals surface area (Å²) in [7, 11) is 0. The quantitative estimate of drug-likeness (QED) is 0.0534. The van der Waals surface area contributed by atoms with Crippen molar-refractivity contribution in [2.24, 2.45) is 0 Å². The molecule has 0 unspecified atom stereocenters. The molecule has 0 bridgehead atoms. The Morgan fingerprint density at radius 2 is 1.60 bits per heavy atom. The highest BCUT2D eigenvalue weighted by molar-refractivity contribution is 7.09. The van der Waals surface area contributed by atoms with E-state index in [-0.39, 0.29) is 38.2 Å². The molecule has 15 heteroatoms. The zero-order chi connectivity index (χ0) is 32.4. The molecule has 0 aliphatic heterocycles. The topological polar surface area (TPSA) is 176 Å². The summed E-state index contributed by atoms with van der Waals surface area (Å²) < 4.78 is 12.8. The van der Waals surface area contributed by atoms with Crippen molar-refractivity contribution in [3.05, 3.63) is 81.1 Å². The number of benzene rings is 1. The fourth-order valence-electron chi connectivity index (χ4n) is 4.21. The number of hydrogen-bond donors (Lipinski definition) is 4. The zero-order valence-electron chi connectivity index (χ0n) is 25.1. The van der Waals surface area contributed by atoms with E-state index in [4.69, 9.17) is 30.3 Å². The number of imidazole rings is 1. The molecule has 0 radical (unpaired) electrons. The second-order valence-corrected chi connectivity index (χ2v) is 10.9. The molecule has 0 fully saturated rings. The number of carbonyl (C=O) groups is 2. The molecule has 0 saturated carbocycles. The van der Waals surface area contributed by atoms with Crippen LogP contribution in [0.3, 0.4) is 0 Å². The summed E-state index contributed by atoms with van der Waals surface area (Å²) in [6.07, 6.45) is 7.88. The lowest BCUT2D eigenvalue weighted by atomic mass is 10.1. The van der Waals surface area contributed by atoms with Crippen LogP contribution in [0, 0.1) is 0 Å². The minimum Gasteiger partial charge on any atom is -0.462 e. The smallest absolute Gasteiger partial charge is 0.338 e. The first-order chi connectivity index (χ1) is 21.8. The van der Waals surface area contributed by atoms with E-state index < -0.39 is 17.3 Å². The standard InChI is InChI=1S/C30H40N4O10S/c1-2-3-9-28-31-21-26(19-25(20-27-8-6-18-45-27)30(36)41-14-4-5-16-43-33(37)38)32(28)22-23-10-12-24(13-11-23)29(35)42-15-7-17-44-34(39)40/h6,8,10-13,18-19,21,37-40H,2-5,7,9,14-17,20,22H2,1H3/b25-19+. The van der Waals surface area contributed by atoms with Gasteiger partial charge in [-0.05, 0) is 54.5 Å². The monoisotopic (exact) mass is 648 g/mol. The number of aromatic nitrogens is 2. The van der Waals surface area contributed by atoms with Gasteiger partial charge in [0.2, 0.25) is 0 Å². The lowest BCUT2D eigenvalue weighted by Crippen LogP contribution is -2.16. The van der Waals surface area contributed by atoms with Crippen LogP contribution < -0.4 is 0 Å². The molecule has 0 spiro atoms. The summed E-state index contributed by atoms with van der Waals surface area (Å²) in [6, 6.07) is 10.9. The van der Waals surface area contributed by atoms with E-state index in [9.17, 15) is 9.59 Å². The van der Waals surface area contributed by atoms with Crippen molar-refractivity contribution < 1.29 is 49.6 Å². The van der Waals surface area contributed by atoms with Crippen LogP contribution in [-0.2, 0) is 43.3 Å². The Bertz CT molecular complexity index is 1330. The fourth-order valence-corrected chi connectivity index (χ4v) is 4.94. The number of hydrogen-bond acceptors (Lipinski definition) is 14. The molecule has 3 aromatic rings. The number of thiophene rings is 1. The molecule has 2 heterocycles. The molecule has 14 nitrogen and oxygen atoms in total. The van der Waals surface area contributed by atoms with Crippen molar-refractivity contribution in [1.82, 2.24) is 20.3 Å². The lowest BCUT2D eigenvalue weighted by Gasteiger charge is -2.13. The average molecular weight is 649 g/mol. The van der Waals surface area contributed by atoms with Gasteiger partial charge in [0.1, 0.15) is 5.82 Å². The summed E-state index contributed by atoms with van der Waals surface area (Å²) in [5.74, 6) is -0.0734. The Labute approximate surface area is 265 Å². The highest BCUT2D eigenvalue weighted by Gasteiger charge is 2.17. The number of rotatable bonds is 21. The first-order valence-electron chi connectivity index (χ1n) is 14.6. The van der Waals surface area contributed by atoms with Gasteiger partial charge < -0.3 is 14.0 Å². The summed E-state index contributed by atoms with van der Waals surface area (Å²) in [4.78, 5) is 40.2. The van der Waals surface area contributed by atoms with Gasteiger partial charge in [-0.3, -0.25) is 30.5 Å². The zero-order valence-corrected chi connectivity index (χ0v) is 25.9. The van der Waals surface area contributed by atoms with Crippen LogP contribution >= 0.6 is 11.3 Å². The number of carbonyl (C=O) groups excluding carboxylic acids is 2. The van der Waals surface area contributed by atoms with Crippen LogP contribution in [0.5, 0.6) is 0 Å². The van der Waals surface area contributed by atoms with Gasteiger partial charge in [-0.2, -0.15) is 0 Å². The minimum atomic E-state index is -0.505. The van der Waals surface area contributed by atoms with Crippen molar-refractivity contribution in [3.8, 4) is 0 Å². The van der Waals surface area contributed by atoms with Crippen LogP contribution in [0.25, 0.3) is 6.08 Å². The number of unbranched alkanes of at least 4 members (excludes halogenated alkanes) is 2. The molecule has 1 aromatic carbocycles. The SMILES string of the molecule is CCCCc1ncc(/C=C(\Cc2cccs2)C(=O)OCCCCON(O)O)n1Cc1ccc(C(=O)OCCCON(O)O)cc1. The highest BCUT2D eigenvalue weighted by atomic mass is 32.1. The van der Waals surface area contributed by atoms with Crippen molar-refractivity contribution in [3.63, 3.8) is 0 Å². The van der Waals surface area contributed by atoms with E-state index in [0.29, 0.717) is 36.9 Å². The number of nitrogens with zero attached hydrogens (tertiary/aromatic N) is 4. The maximum atomic E-state index is 13.2. The third-order valence-electron chi connectivity index (χ3n) is 6.49. The average Bonchev–Trinajstić information content (AvgIpc) is 3.67. The van der Waals surface area contributed by atoms with Gasteiger partial charge in [-0.1, -0.05) is 31.5 Å². The van der Waals surface area contributed by atoms with Gasteiger partial charge >= 0.3 is 11.9 Å². The Morgan fingerprint density at radius 1 is 0.911 bits per heavy atom. The van der Waals surface area contributed by atoms with Gasteiger partial charge in [0.05, 0.1) is 54.7 Å². The normalized spacial score (nSPS) is 11.8. The van der Waals surface area contributed by atoms with E-state index in [2.05, 4.69) is 26.1 Å². The van der Waals surface area contributed by atoms with Crippen LogP contribution in [0.2, 0.25) is 0 Å². The summed E-state index contributed by atoms with van der Waals surface area (Å²) in [5.41, 5.74) is 2.52. The molecule has 246 valence electrons. The summed E-state index contributed by atoms with van der Waals surface area (Å²) in [6.45, 7) is 2.81. The highest BCUT2D eigenvalue weighted by Crippen LogP contribution is 2.21. The molecular weight excluding hydrogens is 608 g/mol. The second kappa shape index (κ2) is 19.8. The minimum absolute atomic E-state index is 0.0285. The maximum Gasteiger partial charge on any atom is 0.338 e. The molecule has 0 aliphatic carbocycles. The number of ether oxygens (including phenoxy) is 2. The fraction of sp³-hybridized carbons (Fsp3) is 0.433. The molecule has 3 rings (SSSR count). The summed E-state index contributed by atoms with van der Waals surface area (Å²) >= 11 is 1.55. The van der Waals surface area contributed by atoms with Crippen molar-refractivity contribution in [2.75, 3.05) is 26.4 Å². The molecule has 0 saturated heterocycles. The van der Waals surface area contributed by atoms with E-state index >= 15 is 0 Å². The van der Waals surface area contributed by atoms with Crippen molar-refractivity contribution in [2.45, 2.75) is 58.4 Å². The van der Waals surface area contributed by atoms with Gasteiger partial charge in [0.15, 0.2) is 0 Å². The van der Waals surface area contributed by atoms with Crippen molar-refractivity contribution in [1.29, 1.82) is 0 Å². The molecule has 4 N–H and O–H groups in total. The third-order valence-corrected chi connectivity index (χ3v) is 7.37. The Balaban J connectivity index is 1.74. The number of esters is 2. The predicted octanol–water partition coefficient (Wildman–Crippen LogP) is 4.86. The van der Waals surface area contributed by atoms with Crippen molar-refractivity contribution >= 4 is 29.4 Å². The molecule has 0 aliphatic rings. The Kier molecular flexibility index (Phi) is 15.8. The number of aryl methyl sites for hydroxylation is 1. The molecular formula is C30H40N4O10S. The van der Waals surface area contributed by atoms with E-state index in [0.717, 1.165) is 41.2 Å². The Morgan fingerprint density at radius 3 is 2.27 bits per heavy atom. The summed E-state index contributed by atoms with van der Waals surface area (Å²) in [5, 5.41) is 35.5. The van der Waals surface area contributed by atoms with Gasteiger partial charge in [-0.25, -0.2) is 14.6 Å². The third kappa shape index (κ3) is 13.2. The van der Waals surface area contributed by atoms with E-state index in [1.54, 1.807) is 29.7 Å². The second-order valence-electron chi connectivity index (χ2n) is 9.92. The first kappa shape index (κ1) is 36.0. The van der Waals surface area contributed by atoms with E-state index in [1.807, 2.05) is 35.7 Å². The van der Waals surface area contributed by atoms with Crippen LogP contribution in [-0.4, -0.2) is 79.5 Å².